The van der Waals surface area contributed by atoms with Gasteiger partial charge < -0.3 is 10.2 Å². The van der Waals surface area contributed by atoms with Crippen LogP contribution in [0.2, 0.25) is 0 Å². The zero-order valence-electron chi connectivity index (χ0n) is 18.7. The highest BCUT2D eigenvalue weighted by atomic mass is 16.2. The van der Waals surface area contributed by atoms with E-state index in [1.165, 1.54) is 0 Å². The number of nitrogens with one attached hydrogen (secondary N) is 1. The molecular formula is C27H28N4O. The number of carbonyl (C=O) groups excluding carboxylic acids is 1. The third kappa shape index (κ3) is 4.62. The SMILES string of the molecule is CC(C)C(CNc1ncc2ccccc2n1)N(C)C(=O)c1ccccc1-c1ccccc1. The molecule has 4 aromatic rings. The summed E-state index contributed by atoms with van der Waals surface area (Å²) in [6, 6.07) is 25.7. The normalized spacial score (nSPS) is 12.0. The summed E-state index contributed by atoms with van der Waals surface area (Å²) in [4.78, 5) is 24.4. The van der Waals surface area contributed by atoms with E-state index in [2.05, 4.69) is 29.1 Å². The van der Waals surface area contributed by atoms with Crippen molar-refractivity contribution in [1.82, 2.24) is 14.9 Å². The van der Waals surface area contributed by atoms with E-state index in [4.69, 9.17) is 0 Å². The molecule has 0 spiro atoms. The van der Waals surface area contributed by atoms with E-state index < -0.39 is 0 Å². The van der Waals surface area contributed by atoms with E-state index in [-0.39, 0.29) is 17.9 Å². The van der Waals surface area contributed by atoms with E-state index in [0.29, 0.717) is 18.1 Å². The van der Waals surface area contributed by atoms with E-state index in [1.807, 2.05) is 97.0 Å². The monoisotopic (exact) mass is 424 g/mol. The predicted octanol–water partition coefficient (Wildman–Crippen LogP) is 5.51. The molecule has 0 aliphatic heterocycles. The van der Waals surface area contributed by atoms with E-state index >= 15 is 0 Å². The van der Waals surface area contributed by atoms with Crippen molar-refractivity contribution in [3.05, 3.63) is 90.6 Å². The van der Waals surface area contributed by atoms with Crippen molar-refractivity contribution >= 4 is 22.8 Å². The Morgan fingerprint density at radius 2 is 1.62 bits per heavy atom. The van der Waals surface area contributed by atoms with Crippen LogP contribution in [-0.2, 0) is 0 Å². The summed E-state index contributed by atoms with van der Waals surface area (Å²) in [6.45, 7) is 4.81. The fourth-order valence-electron chi connectivity index (χ4n) is 3.95. The Balaban J connectivity index is 1.54. The van der Waals surface area contributed by atoms with E-state index in [1.54, 1.807) is 0 Å². The van der Waals surface area contributed by atoms with Crippen LogP contribution in [0.4, 0.5) is 5.95 Å². The maximum atomic E-state index is 13.5. The molecule has 1 unspecified atom stereocenters. The molecule has 0 fully saturated rings. The molecule has 1 atom stereocenters. The van der Waals surface area contributed by atoms with Gasteiger partial charge >= 0.3 is 0 Å². The van der Waals surface area contributed by atoms with Crippen LogP contribution in [0.15, 0.2) is 85.1 Å². The average molecular weight is 425 g/mol. The molecule has 162 valence electrons. The Labute approximate surface area is 189 Å². The Bertz CT molecular complexity index is 1210. The van der Waals surface area contributed by atoms with Crippen molar-refractivity contribution in [3.63, 3.8) is 0 Å². The van der Waals surface area contributed by atoms with Crippen molar-refractivity contribution in [1.29, 1.82) is 0 Å². The maximum absolute atomic E-state index is 13.5. The largest absolute Gasteiger partial charge is 0.352 e. The molecule has 1 amide bonds. The highest BCUT2D eigenvalue weighted by Crippen LogP contribution is 2.25. The lowest BCUT2D eigenvalue weighted by atomic mass is 9.97. The van der Waals surface area contributed by atoms with Crippen molar-refractivity contribution < 1.29 is 4.79 Å². The molecule has 0 saturated carbocycles. The first-order valence-electron chi connectivity index (χ1n) is 10.9. The van der Waals surface area contributed by atoms with Gasteiger partial charge in [-0.05, 0) is 29.2 Å². The fourth-order valence-corrected chi connectivity index (χ4v) is 3.95. The molecule has 5 heteroatoms. The van der Waals surface area contributed by atoms with E-state index in [9.17, 15) is 4.79 Å². The smallest absolute Gasteiger partial charge is 0.254 e. The number of nitrogens with zero attached hydrogens (tertiary/aromatic N) is 3. The Hall–Kier alpha value is -3.73. The second-order valence-corrected chi connectivity index (χ2v) is 8.27. The number of rotatable bonds is 7. The summed E-state index contributed by atoms with van der Waals surface area (Å²) < 4.78 is 0. The molecule has 0 radical (unpaired) electrons. The van der Waals surface area contributed by atoms with Crippen LogP contribution in [-0.4, -0.2) is 40.4 Å². The van der Waals surface area contributed by atoms with Gasteiger partial charge in [-0.25, -0.2) is 9.97 Å². The number of likely N-dealkylation sites (N-methyl/N-ethyl adjacent to an activating group) is 1. The summed E-state index contributed by atoms with van der Waals surface area (Å²) in [5.41, 5.74) is 3.58. The summed E-state index contributed by atoms with van der Waals surface area (Å²) in [7, 11) is 1.87. The number of benzene rings is 3. The van der Waals surface area contributed by atoms with Crippen LogP contribution < -0.4 is 5.32 Å². The molecule has 3 aromatic carbocycles. The molecule has 1 heterocycles. The third-order valence-corrected chi connectivity index (χ3v) is 5.79. The number of anilines is 1. The number of carbonyl (C=O) groups is 1. The second kappa shape index (κ2) is 9.60. The number of fused-ring (bicyclic) bond motifs is 1. The molecular weight excluding hydrogens is 396 g/mol. The van der Waals surface area contributed by atoms with Gasteiger partial charge in [0.25, 0.3) is 5.91 Å². The molecule has 0 aliphatic carbocycles. The number of amides is 1. The number of aromatic nitrogens is 2. The van der Waals surface area contributed by atoms with Crippen LogP contribution in [0.3, 0.4) is 0 Å². The standard InChI is InChI=1S/C27H28N4O/c1-19(2)25(18-29-27-28-17-21-13-7-10-16-24(21)30-27)31(3)26(32)23-15-9-8-14-22(23)20-11-5-4-6-12-20/h4-17,19,25H,18H2,1-3H3,(H,28,29,30). The van der Waals surface area contributed by atoms with Gasteiger partial charge in [-0.1, -0.05) is 80.6 Å². The second-order valence-electron chi connectivity index (χ2n) is 8.27. The van der Waals surface area contributed by atoms with Crippen LogP contribution >= 0.6 is 0 Å². The van der Waals surface area contributed by atoms with Gasteiger partial charge in [-0.2, -0.15) is 0 Å². The lowest BCUT2D eigenvalue weighted by Gasteiger charge is -2.32. The first kappa shape index (κ1) is 21.5. The van der Waals surface area contributed by atoms with Gasteiger partial charge in [0.15, 0.2) is 0 Å². The van der Waals surface area contributed by atoms with Gasteiger partial charge in [0.2, 0.25) is 5.95 Å². The summed E-state index contributed by atoms with van der Waals surface area (Å²) in [6.07, 6.45) is 1.82. The zero-order valence-corrected chi connectivity index (χ0v) is 18.7. The predicted molar refractivity (Wildman–Crippen MR) is 131 cm³/mol. The van der Waals surface area contributed by atoms with Crippen molar-refractivity contribution in [2.24, 2.45) is 5.92 Å². The topological polar surface area (TPSA) is 58.1 Å². The molecule has 32 heavy (non-hydrogen) atoms. The highest BCUT2D eigenvalue weighted by Gasteiger charge is 2.25. The first-order chi connectivity index (χ1) is 15.5. The Morgan fingerprint density at radius 3 is 2.41 bits per heavy atom. The zero-order chi connectivity index (χ0) is 22.5. The van der Waals surface area contributed by atoms with Crippen LogP contribution in [0.5, 0.6) is 0 Å². The Morgan fingerprint density at radius 1 is 0.938 bits per heavy atom. The molecule has 5 nitrogen and oxygen atoms in total. The molecule has 0 aliphatic rings. The van der Waals surface area contributed by atoms with Crippen molar-refractivity contribution in [3.8, 4) is 11.1 Å². The molecule has 0 bridgehead atoms. The van der Waals surface area contributed by atoms with Gasteiger partial charge in [0.1, 0.15) is 0 Å². The van der Waals surface area contributed by atoms with Gasteiger partial charge in [0.05, 0.1) is 11.6 Å². The molecule has 1 aromatic heterocycles. The summed E-state index contributed by atoms with van der Waals surface area (Å²) in [5, 5.41) is 4.34. The Kier molecular flexibility index (Phi) is 6.45. The summed E-state index contributed by atoms with van der Waals surface area (Å²) >= 11 is 0. The summed E-state index contributed by atoms with van der Waals surface area (Å²) in [5.74, 6) is 0.824. The average Bonchev–Trinajstić information content (AvgIpc) is 2.84. The number of hydrogen-bond donors (Lipinski definition) is 1. The lowest BCUT2D eigenvalue weighted by molar-refractivity contribution is 0.0701. The molecule has 0 saturated heterocycles. The van der Waals surface area contributed by atoms with Gasteiger partial charge in [0, 0.05) is 30.7 Å². The van der Waals surface area contributed by atoms with E-state index in [0.717, 1.165) is 22.0 Å². The molecule has 1 N–H and O–H groups in total. The van der Waals surface area contributed by atoms with Crippen LogP contribution in [0, 0.1) is 5.92 Å². The van der Waals surface area contributed by atoms with Crippen molar-refractivity contribution in [2.75, 3.05) is 18.9 Å². The fraction of sp³-hybridized carbons (Fsp3) is 0.222. The lowest BCUT2D eigenvalue weighted by Crippen LogP contribution is -2.45. The van der Waals surface area contributed by atoms with Gasteiger partial charge in [-0.15, -0.1) is 0 Å². The highest BCUT2D eigenvalue weighted by molar-refractivity contribution is 6.01. The number of para-hydroxylation sites is 1. The third-order valence-electron chi connectivity index (χ3n) is 5.79. The minimum absolute atomic E-state index is 0.00406. The minimum Gasteiger partial charge on any atom is -0.352 e. The minimum atomic E-state index is -0.0265. The maximum Gasteiger partial charge on any atom is 0.254 e. The van der Waals surface area contributed by atoms with Crippen LogP contribution in [0.1, 0.15) is 24.2 Å². The quantitative estimate of drug-likeness (QED) is 0.425. The first-order valence-corrected chi connectivity index (χ1v) is 10.9. The van der Waals surface area contributed by atoms with Crippen LogP contribution in [0.25, 0.3) is 22.0 Å². The van der Waals surface area contributed by atoms with Gasteiger partial charge in [-0.3, -0.25) is 4.79 Å². The van der Waals surface area contributed by atoms with Crippen molar-refractivity contribution in [2.45, 2.75) is 19.9 Å². The number of hydrogen-bond acceptors (Lipinski definition) is 4. The molecule has 4 rings (SSSR count).